The highest BCUT2D eigenvalue weighted by Gasteiger charge is 2.12. The van der Waals surface area contributed by atoms with E-state index in [1.165, 1.54) is 5.56 Å². The minimum Gasteiger partial charge on any atom is -0.493 e. The van der Waals surface area contributed by atoms with Gasteiger partial charge in [-0.3, -0.25) is 0 Å². The molecular formula is C17H17N3O3. The van der Waals surface area contributed by atoms with E-state index in [4.69, 9.17) is 19.6 Å². The number of aryl methyl sites for hydroxylation is 1. The van der Waals surface area contributed by atoms with E-state index in [1.54, 1.807) is 19.2 Å². The summed E-state index contributed by atoms with van der Waals surface area (Å²) in [6.45, 7) is 2.49. The van der Waals surface area contributed by atoms with Crippen molar-refractivity contribution >= 4 is 6.01 Å². The molecule has 0 aliphatic rings. The molecule has 6 heteroatoms. The third kappa shape index (κ3) is 3.42. The Balaban J connectivity index is 1.83. The molecule has 0 unspecified atom stereocenters. The first kappa shape index (κ1) is 14.9. The maximum atomic E-state index is 5.88. The van der Waals surface area contributed by atoms with Crippen LogP contribution in [0.3, 0.4) is 0 Å². The predicted molar refractivity (Wildman–Crippen MR) is 86.2 cm³/mol. The van der Waals surface area contributed by atoms with Crippen LogP contribution in [0.2, 0.25) is 0 Å². The first-order valence-electron chi connectivity index (χ1n) is 7.11. The van der Waals surface area contributed by atoms with Crippen molar-refractivity contribution in [3.05, 3.63) is 53.6 Å². The summed E-state index contributed by atoms with van der Waals surface area (Å²) >= 11 is 0. The van der Waals surface area contributed by atoms with Gasteiger partial charge in [-0.2, -0.15) is 0 Å². The number of rotatable bonds is 5. The molecule has 118 valence electrons. The van der Waals surface area contributed by atoms with Crippen LogP contribution in [-0.4, -0.2) is 17.3 Å². The van der Waals surface area contributed by atoms with Crippen molar-refractivity contribution in [3.8, 4) is 23.0 Å². The van der Waals surface area contributed by atoms with Gasteiger partial charge in [-0.25, -0.2) is 0 Å². The summed E-state index contributed by atoms with van der Waals surface area (Å²) in [4.78, 5) is 0. The fourth-order valence-electron chi connectivity index (χ4n) is 2.12. The van der Waals surface area contributed by atoms with Crippen molar-refractivity contribution < 1.29 is 13.9 Å². The lowest BCUT2D eigenvalue weighted by molar-refractivity contribution is 0.284. The normalized spacial score (nSPS) is 10.5. The van der Waals surface area contributed by atoms with Crippen LogP contribution in [0.5, 0.6) is 11.5 Å². The smallest absolute Gasteiger partial charge is 0.313 e. The number of ether oxygens (including phenoxy) is 2. The highest BCUT2D eigenvalue weighted by atomic mass is 16.5. The van der Waals surface area contributed by atoms with Crippen LogP contribution >= 0.6 is 0 Å². The molecule has 0 radical (unpaired) electrons. The van der Waals surface area contributed by atoms with Gasteiger partial charge < -0.3 is 19.6 Å². The molecule has 0 fully saturated rings. The zero-order valence-corrected chi connectivity index (χ0v) is 12.9. The molecule has 0 atom stereocenters. The third-order valence-corrected chi connectivity index (χ3v) is 3.37. The standard InChI is InChI=1S/C17H17N3O3/c1-11-3-5-12(6-4-11)10-22-15-9-13(7-8-14(15)21-2)16-19-20-17(18)23-16/h3-9H,10H2,1-2H3,(H2,18,20). The Morgan fingerprint density at radius 2 is 1.83 bits per heavy atom. The van der Waals surface area contributed by atoms with Crippen LogP contribution in [0.15, 0.2) is 46.9 Å². The monoisotopic (exact) mass is 311 g/mol. The van der Waals surface area contributed by atoms with E-state index in [0.29, 0.717) is 29.6 Å². The van der Waals surface area contributed by atoms with Crippen LogP contribution in [0.4, 0.5) is 6.01 Å². The molecule has 0 saturated carbocycles. The predicted octanol–water partition coefficient (Wildman–Crippen LogP) is 3.21. The van der Waals surface area contributed by atoms with Crippen LogP contribution < -0.4 is 15.2 Å². The molecular weight excluding hydrogens is 294 g/mol. The van der Waals surface area contributed by atoms with Crippen LogP contribution in [-0.2, 0) is 6.61 Å². The number of hydrogen-bond donors (Lipinski definition) is 1. The summed E-state index contributed by atoms with van der Waals surface area (Å²) in [5.41, 5.74) is 8.46. The van der Waals surface area contributed by atoms with Crippen molar-refractivity contribution in [2.24, 2.45) is 0 Å². The Bertz CT molecular complexity index is 797. The minimum absolute atomic E-state index is 0.0259. The SMILES string of the molecule is COc1ccc(-c2nnc(N)o2)cc1OCc1ccc(C)cc1. The number of hydrogen-bond acceptors (Lipinski definition) is 6. The van der Waals surface area contributed by atoms with Gasteiger partial charge in [0, 0.05) is 5.56 Å². The molecule has 1 aromatic heterocycles. The minimum atomic E-state index is 0.0259. The molecule has 0 bridgehead atoms. The van der Waals surface area contributed by atoms with E-state index in [-0.39, 0.29) is 6.01 Å². The van der Waals surface area contributed by atoms with Crippen molar-refractivity contribution in [2.45, 2.75) is 13.5 Å². The average molecular weight is 311 g/mol. The number of nitrogens with zero attached hydrogens (tertiary/aromatic N) is 2. The largest absolute Gasteiger partial charge is 0.493 e. The first-order chi connectivity index (χ1) is 11.2. The number of aromatic nitrogens is 2. The maximum Gasteiger partial charge on any atom is 0.313 e. The molecule has 3 aromatic rings. The summed E-state index contributed by atoms with van der Waals surface area (Å²) < 4.78 is 16.4. The van der Waals surface area contributed by atoms with Gasteiger partial charge in [0.15, 0.2) is 11.5 Å². The molecule has 0 amide bonds. The fourth-order valence-corrected chi connectivity index (χ4v) is 2.12. The number of nitrogen functional groups attached to an aromatic ring is 1. The highest BCUT2D eigenvalue weighted by molar-refractivity contribution is 5.60. The Labute approximate surface area is 133 Å². The molecule has 23 heavy (non-hydrogen) atoms. The van der Waals surface area contributed by atoms with Gasteiger partial charge in [0.2, 0.25) is 5.89 Å². The highest BCUT2D eigenvalue weighted by Crippen LogP contribution is 2.32. The quantitative estimate of drug-likeness (QED) is 0.779. The summed E-state index contributed by atoms with van der Waals surface area (Å²) in [6, 6.07) is 13.6. The lowest BCUT2D eigenvalue weighted by Crippen LogP contribution is -1.98. The lowest BCUT2D eigenvalue weighted by atomic mass is 10.1. The summed E-state index contributed by atoms with van der Waals surface area (Å²) in [6.07, 6.45) is 0. The third-order valence-electron chi connectivity index (χ3n) is 3.37. The zero-order chi connectivity index (χ0) is 16.2. The molecule has 0 saturated heterocycles. The fraction of sp³-hybridized carbons (Fsp3) is 0.176. The lowest BCUT2D eigenvalue weighted by Gasteiger charge is -2.11. The van der Waals surface area contributed by atoms with Crippen LogP contribution in [0.25, 0.3) is 11.5 Å². The van der Waals surface area contributed by atoms with E-state index in [9.17, 15) is 0 Å². The summed E-state index contributed by atoms with van der Waals surface area (Å²) in [5, 5.41) is 7.53. The number of benzene rings is 2. The van der Waals surface area contributed by atoms with Crippen molar-refractivity contribution in [1.82, 2.24) is 10.2 Å². The van der Waals surface area contributed by atoms with E-state index >= 15 is 0 Å². The molecule has 0 spiro atoms. The van der Waals surface area contributed by atoms with Gasteiger partial charge in [0.1, 0.15) is 6.61 Å². The molecule has 2 aromatic carbocycles. The van der Waals surface area contributed by atoms with E-state index in [1.807, 2.05) is 37.3 Å². The molecule has 6 nitrogen and oxygen atoms in total. The first-order valence-corrected chi connectivity index (χ1v) is 7.11. The van der Waals surface area contributed by atoms with Crippen molar-refractivity contribution in [3.63, 3.8) is 0 Å². The number of nitrogens with two attached hydrogens (primary N) is 1. The van der Waals surface area contributed by atoms with Gasteiger partial charge in [0.25, 0.3) is 0 Å². The molecule has 1 heterocycles. The maximum absolute atomic E-state index is 5.88. The van der Waals surface area contributed by atoms with Gasteiger partial charge in [0.05, 0.1) is 7.11 Å². The van der Waals surface area contributed by atoms with Crippen molar-refractivity contribution in [2.75, 3.05) is 12.8 Å². The van der Waals surface area contributed by atoms with Gasteiger partial charge >= 0.3 is 6.01 Å². The summed E-state index contributed by atoms with van der Waals surface area (Å²) in [5.74, 6) is 1.57. The van der Waals surface area contributed by atoms with Crippen LogP contribution in [0, 0.1) is 6.92 Å². The summed E-state index contributed by atoms with van der Waals surface area (Å²) in [7, 11) is 1.60. The molecule has 0 aliphatic heterocycles. The molecule has 0 aliphatic carbocycles. The Kier molecular flexibility index (Phi) is 4.14. The number of anilines is 1. The van der Waals surface area contributed by atoms with E-state index < -0.39 is 0 Å². The molecule has 2 N–H and O–H groups in total. The average Bonchev–Trinajstić information content (AvgIpc) is 3.00. The molecule has 3 rings (SSSR count). The van der Waals surface area contributed by atoms with Gasteiger partial charge in [-0.1, -0.05) is 34.9 Å². The Morgan fingerprint density at radius 1 is 1.04 bits per heavy atom. The van der Waals surface area contributed by atoms with E-state index in [0.717, 1.165) is 5.56 Å². The van der Waals surface area contributed by atoms with Crippen LogP contribution in [0.1, 0.15) is 11.1 Å². The van der Waals surface area contributed by atoms with Gasteiger partial charge in [-0.15, -0.1) is 5.10 Å². The van der Waals surface area contributed by atoms with Gasteiger partial charge in [-0.05, 0) is 30.7 Å². The second-order valence-corrected chi connectivity index (χ2v) is 5.09. The van der Waals surface area contributed by atoms with Crippen molar-refractivity contribution in [1.29, 1.82) is 0 Å². The topological polar surface area (TPSA) is 83.4 Å². The second-order valence-electron chi connectivity index (χ2n) is 5.09. The Morgan fingerprint density at radius 3 is 2.48 bits per heavy atom. The number of methoxy groups -OCH3 is 1. The zero-order valence-electron chi connectivity index (χ0n) is 12.9. The second kappa shape index (κ2) is 6.39. The van der Waals surface area contributed by atoms with E-state index in [2.05, 4.69) is 10.2 Å². The Hall–Kier alpha value is -3.02.